The smallest absolute Gasteiger partial charge is 0.386 e. The van der Waals surface area contributed by atoms with Gasteiger partial charge in [0.1, 0.15) is 5.69 Å². The van der Waals surface area contributed by atoms with Crippen molar-refractivity contribution in [3.05, 3.63) is 42.2 Å². The van der Waals surface area contributed by atoms with Crippen LogP contribution in [0.2, 0.25) is 0 Å². The van der Waals surface area contributed by atoms with E-state index in [-0.39, 0.29) is 12.6 Å². The van der Waals surface area contributed by atoms with Crippen molar-refractivity contribution in [2.24, 2.45) is 5.73 Å². The molecule has 3 rings (SSSR count). The minimum atomic E-state index is -4.00. The number of benzene rings is 1. The highest BCUT2D eigenvalue weighted by atomic mass is 19.4. The van der Waals surface area contributed by atoms with Gasteiger partial charge in [-0.2, -0.15) is 18.3 Å². The molecule has 3 aromatic rings. The summed E-state index contributed by atoms with van der Waals surface area (Å²) in [6.45, 7) is 0.188. The molecule has 0 aliphatic heterocycles. The second-order valence-electron chi connectivity index (χ2n) is 4.95. The first-order chi connectivity index (χ1) is 11.1. The number of nitrogens with two attached hydrogens (primary N) is 2. The summed E-state index contributed by atoms with van der Waals surface area (Å²) in [6, 6.07) is 9.01. The number of primary amides is 1. The first-order valence-corrected chi connectivity index (χ1v) is 6.71. The number of fused-ring (bicyclic) bond motifs is 1. The van der Waals surface area contributed by atoms with Crippen LogP contribution in [0.25, 0.3) is 22.2 Å². The Hall–Kier alpha value is -3.10. The Kier molecular flexibility index (Phi) is 4.72. The molecule has 0 radical (unpaired) electrons. The van der Waals surface area contributed by atoms with Gasteiger partial charge in [0.25, 0.3) is 5.91 Å². The Morgan fingerprint density at radius 2 is 1.79 bits per heavy atom. The quantitative estimate of drug-likeness (QED) is 0.624. The zero-order valence-corrected chi connectivity index (χ0v) is 12.6. The third-order valence-corrected chi connectivity index (χ3v) is 2.90. The molecule has 0 aliphatic rings. The van der Waals surface area contributed by atoms with Crippen LogP contribution in [0.15, 0.2) is 36.5 Å². The molecule has 0 aliphatic carbocycles. The highest BCUT2D eigenvalue weighted by Crippen LogP contribution is 2.28. The van der Waals surface area contributed by atoms with E-state index in [2.05, 4.69) is 15.2 Å². The fourth-order valence-corrected chi connectivity index (χ4v) is 1.96. The number of alkyl halides is 3. The lowest BCUT2D eigenvalue weighted by Crippen LogP contribution is -2.13. The molecule has 0 unspecified atom stereocenters. The van der Waals surface area contributed by atoms with Gasteiger partial charge in [0.05, 0.1) is 6.20 Å². The van der Waals surface area contributed by atoms with E-state index in [0.29, 0.717) is 11.3 Å². The molecule has 0 saturated heterocycles. The van der Waals surface area contributed by atoms with Crippen LogP contribution in [0.1, 0.15) is 17.4 Å². The molecule has 0 bridgehead atoms. The maximum atomic E-state index is 11.3. The van der Waals surface area contributed by atoms with Crippen LogP contribution in [0.5, 0.6) is 0 Å². The van der Waals surface area contributed by atoms with Crippen LogP contribution in [0.4, 0.5) is 18.9 Å². The van der Waals surface area contributed by atoms with Crippen LogP contribution in [0.3, 0.4) is 0 Å². The maximum absolute atomic E-state index is 11.3. The predicted octanol–water partition coefficient (Wildman–Crippen LogP) is 2.87. The molecular weight excluding hydrogens is 323 g/mol. The zero-order chi connectivity index (χ0) is 17.9. The minimum Gasteiger partial charge on any atom is -0.399 e. The second kappa shape index (κ2) is 6.57. The first kappa shape index (κ1) is 17.3. The number of amides is 1. The van der Waals surface area contributed by atoms with Crippen molar-refractivity contribution in [1.82, 2.24) is 15.2 Å². The number of aromatic nitrogens is 3. The van der Waals surface area contributed by atoms with E-state index < -0.39 is 12.1 Å². The Balaban J connectivity index is 0.000000368. The first-order valence-electron chi connectivity index (χ1n) is 6.71. The molecular formula is C15H14F3N5O. The zero-order valence-electron chi connectivity index (χ0n) is 12.6. The molecule has 0 saturated carbocycles. The number of anilines is 1. The maximum Gasteiger partial charge on any atom is 0.386 e. The van der Waals surface area contributed by atoms with Crippen molar-refractivity contribution >= 4 is 22.6 Å². The van der Waals surface area contributed by atoms with Crippen LogP contribution in [0, 0.1) is 0 Å². The van der Waals surface area contributed by atoms with E-state index in [1.54, 1.807) is 24.4 Å². The number of nitrogens with one attached hydrogen (secondary N) is 1. The number of nitrogen functional groups attached to an aromatic ring is 1. The molecule has 2 heterocycles. The number of carbonyl (C=O) groups is 1. The van der Waals surface area contributed by atoms with Crippen molar-refractivity contribution in [3.8, 4) is 11.1 Å². The number of hydrogen-bond acceptors (Lipinski definition) is 4. The number of halogens is 3. The molecule has 24 heavy (non-hydrogen) atoms. The number of H-pyrrole nitrogens is 1. The average molecular weight is 337 g/mol. The molecule has 126 valence electrons. The van der Waals surface area contributed by atoms with E-state index in [4.69, 9.17) is 11.5 Å². The SMILES string of the molecule is CC(F)(F)F.NC(=O)c1cc(-c2ccc(N)cc2)c2cn[nH]c2n1. The third kappa shape index (κ3) is 4.45. The van der Waals surface area contributed by atoms with Gasteiger partial charge in [-0.3, -0.25) is 9.89 Å². The number of hydrogen-bond donors (Lipinski definition) is 3. The molecule has 6 nitrogen and oxygen atoms in total. The number of rotatable bonds is 2. The Labute approximate surface area is 134 Å². The van der Waals surface area contributed by atoms with Gasteiger partial charge in [0, 0.05) is 18.0 Å². The monoisotopic (exact) mass is 337 g/mol. The summed E-state index contributed by atoms with van der Waals surface area (Å²) in [5, 5.41) is 7.51. The van der Waals surface area contributed by atoms with Gasteiger partial charge in [-0.25, -0.2) is 4.98 Å². The fourth-order valence-electron chi connectivity index (χ4n) is 1.96. The van der Waals surface area contributed by atoms with Gasteiger partial charge in [-0.1, -0.05) is 12.1 Å². The van der Waals surface area contributed by atoms with E-state index in [0.717, 1.165) is 16.5 Å². The van der Waals surface area contributed by atoms with Crippen molar-refractivity contribution in [1.29, 1.82) is 0 Å². The molecule has 9 heteroatoms. The lowest BCUT2D eigenvalue weighted by atomic mass is 10.0. The second-order valence-corrected chi connectivity index (χ2v) is 4.95. The highest BCUT2D eigenvalue weighted by molar-refractivity contribution is 5.99. The van der Waals surface area contributed by atoms with Crippen LogP contribution in [-0.4, -0.2) is 27.3 Å². The summed E-state index contributed by atoms with van der Waals surface area (Å²) in [5.41, 5.74) is 14.1. The van der Waals surface area contributed by atoms with Crippen LogP contribution >= 0.6 is 0 Å². The van der Waals surface area contributed by atoms with Gasteiger partial charge < -0.3 is 11.5 Å². The molecule has 0 spiro atoms. The summed E-state index contributed by atoms with van der Waals surface area (Å²) < 4.78 is 31.1. The standard InChI is InChI=1S/C13H11N5O.C2H3F3/c14-8-3-1-7(2-4-8)9-5-11(12(15)19)17-13-10(9)6-16-18-13;1-2(3,4)5/h1-6H,14H2,(H2,15,19)(H,16,17,18);1H3. The van der Waals surface area contributed by atoms with Crippen LogP contribution < -0.4 is 11.5 Å². The number of carbonyl (C=O) groups excluding carboxylic acids is 1. The lowest BCUT2D eigenvalue weighted by Gasteiger charge is -2.05. The normalized spacial score (nSPS) is 11.0. The molecule has 0 fully saturated rings. The lowest BCUT2D eigenvalue weighted by molar-refractivity contribution is -0.110. The van der Waals surface area contributed by atoms with Crippen molar-refractivity contribution in [2.75, 3.05) is 5.73 Å². The van der Waals surface area contributed by atoms with Crippen molar-refractivity contribution in [3.63, 3.8) is 0 Å². The molecule has 2 aromatic heterocycles. The number of nitrogens with zero attached hydrogens (tertiary/aromatic N) is 2. The van der Waals surface area contributed by atoms with Crippen molar-refractivity contribution in [2.45, 2.75) is 13.1 Å². The molecule has 1 aromatic carbocycles. The van der Waals surface area contributed by atoms with Gasteiger partial charge in [-0.15, -0.1) is 0 Å². The summed E-state index contributed by atoms with van der Waals surface area (Å²) >= 11 is 0. The molecule has 1 amide bonds. The van der Waals surface area contributed by atoms with Gasteiger partial charge in [0.15, 0.2) is 5.65 Å². The molecule has 0 atom stereocenters. The molecule has 5 N–H and O–H groups in total. The van der Waals surface area contributed by atoms with Crippen molar-refractivity contribution < 1.29 is 18.0 Å². The highest BCUT2D eigenvalue weighted by Gasteiger charge is 2.15. The van der Waals surface area contributed by atoms with E-state index in [1.807, 2.05) is 12.1 Å². The topological polar surface area (TPSA) is 111 Å². The Morgan fingerprint density at radius 1 is 1.21 bits per heavy atom. The van der Waals surface area contributed by atoms with Gasteiger partial charge in [0.2, 0.25) is 0 Å². The summed E-state index contributed by atoms with van der Waals surface area (Å²) in [6.07, 6.45) is -2.33. The number of pyridine rings is 1. The van der Waals surface area contributed by atoms with Gasteiger partial charge >= 0.3 is 6.18 Å². The average Bonchev–Trinajstić information content (AvgIpc) is 2.93. The Morgan fingerprint density at radius 3 is 2.33 bits per heavy atom. The van der Waals surface area contributed by atoms with E-state index >= 15 is 0 Å². The van der Waals surface area contributed by atoms with Gasteiger partial charge in [-0.05, 0) is 29.3 Å². The van der Waals surface area contributed by atoms with E-state index in [1.165, 1.54) is 0 Å². The predicted molar refractivity (Wildman–Crippen MR) is 84.0 cm³/mol. The summed E-state index contributed by atoms with van der Waals surface area (Å²) in [4.78, 5) is 15.4. The Bertz CT molecular complexity index is 850. The third-order valence-electron chi connectivity index (χ3n) is 2.90. The summed E-state index contributed by atoms with van der Waals surface area (Å²) in [5.74, 6) is -0.576. The van der Waals surface area contributed by atoms with Crippen LogP contribution in [-0.2, 0) is 0 Å². The fraction of sp³-hybridized carbons (Fsp3) is 0.133. The van der Waals surface area contributed by atoms with E-state index in [9.17, 15) is 18.0 Å². The largest absolute Gasteiger partial charge is 0.399 e. The minimum absolute atomic E-state index is 0.188. The number of aromatic amines is 1. The summed E-state index contributed by atoms with van der Waals surface area (Å²) in [7, 11) is 0.